The molecular formula is C11H17N5S. The number of hydrogen-bond acceptors (Lipinski definition) is 5. The molecule has 0 aromatic carbocycles. The Morgan fingerprint density at radius 1 is 1.53 bits per heavy atom. The molecule has 1 unspecified atom stereocenters. The van der Waals surface area contributed by atoms with E-state index in [-0.39, 0.29) is 0 Å². The third kappa shape index (κ3) is 2.70. The van der Waals surface area contributed by atoms with E-state index in [2.05, 4.69) is 39.6 Å². The molecule has 92 valence electrons. The van der Waals surface area contributed by atoms with Gasteiger partial charge in [0.25, 0.3) is 0 Å². The second-order valence-corrected chi connectivity index (χ2v) is 5.03. The van der Waals surface area contributed by atoms with Gasteiger partial charge in [-0.15, -0.1) is 11.3 Å². The first-order valence-corrected chi connectivity index (χ1v) is 6.61. The maximum Gasteiger partial charge on any atom is 0.145 e. The number of aryl methyl sites for hydroxylation is 1. The highest BCUT2D eigenvalue weighted by Crippen LogP contribution is 2.30. The first-order valence-electron chi connectivity index (χ1n) is 5.79. The molecule has 0 bridgehead atoms. The van der Waals surface area contributed by atoms with Crippen LogP contribution in [-0.2, 0) is 0 Å². The summed E-state index contributed by atoms with van der Waals surface area (Å²) >= 11 is 1.68. The Balaban J connectivity index is 2.19. The fourth-order valence-corrected chi connectivity index (χ4v) is 2.72. The Labute approximate surface area is 105 Å². The largest absolute Gasteiger partial charge is 0.309 e. The van der Waals surface area contributed by atoms with E-state index in [0.717, 1.165) is 29.4 Å². The number of nitrogens with zero attached hydrogens (tertiary/aromatic N) is 3. The van der Waals surface area contributed by atoms with E-state index in [1.54, 1.807) is 17.5 Å². The van der Waals surface area contributed by atoms with Crippen molar-refractivity contribution in [2.75, 3.05) is 6.54 Å². The van der Waals surface area contributed by atoms with E-state index in [1.807, 2.05) is 6.92 Å². The molecule has 2 N–H and O–H groups in total. The van der Waals surface area contributed by atoms with Gasteiger partial charge in [0.15, 0.2) is 0 Å². The highest BCUT2D eigenvalue weighted by Gasteiger charge is 2.15. The second kappa shape index (κ2) is 5.37. The maximum atomic E-state index is 4.54. The highest BCUT2D eigenvalue weighted by molar-refractivity contribution is 7.15. The van der Waals surface area contributed by atoms with E-state index >= 15 is 0 Å². The molecule has 6 heteroatoms. The summed E-state index contributed by atoms with van der Waals surface area (Å²) in [5, 5.41) is 14.9. The SMILES string of the molecule is CCCNC(C)c1sc(-c2cn[nH]n2)nc1C. The van der Waals surface area contributed by atoms with Gasteiger partial charge in [0.2, 0.25) is 0 Å². The minimum Gasteiger partial charge on any atom is -0.309 e. The Kier molecular flexibility index (Phi) is 3.86. The van der Waals surface area contributed by atoms with Crippen LogP contribution in [0.5, 0.6) is 0 Å². The van der Waals surface area contributed by atoms with Gasteiger partial charge in [-0.3, -0.25) is 0 Å². The third-order valence-electron chi connectivity index (χ3n) is 2.56. The Morgan fingerprint density at radius 2 is 2.35 bits per heavy atom. The van der Waals surface area contributed by atoms with Crippen LogP contribution < -0.4 is 5.32 Å². The maximum absolute atomic E-state index is 4.54. The van der Waals surface area contributed by atoms with E-state index in [1.165, 1.54) is 4.88 Å². The zero-order chi connectivity index (χ0) is 12.3. The van der Waals surface area contributed by atoms with Crippen LogP contribution in [-0.4, -0.2) is 26.9 Å². The second-order valence-electron chi connectivity index (χ2n) is 4.00. The van der Waals surface area contributed by atoms with Gasteiger partial charge in [0, 0.05) is 10.9 Å². The van der Waals surface area contributed by atoms with Crippen molar-refractivity contribution in [1.29, 1.82) is 0 Å². The van der Waals surface area contributed by atoms with Crippen LogP contribution in [0, 0.1) is 6.92 Å². The van der Waals surface area contributed by atoms with Crippen LogP contribution in [0.2, 0.25) is 0 Å². The lowest BCUT2D eigenvalue weighted by molar-refractivity contribution is 0.575. The molecule has 0 aliphatic carbocycles. The lowest BCUT2D eigenvalue weighted by Gasteiger charge is -2.11. The molecule has 0 spiro atoms. The van der Waals surface area contributed by atoms with Crippen LogP contribution in [0.1, 0.15) is 36.9 Å². The van der Waals surface area contributed by atoms with E-state index in [4.69, 9.17) is 0 Å². The Hall–Kier alpha value is -1.27. The van der Waals surface area contributed by atoms with Crippen molar-refractivity contribution in [3.63, 3.8) is 0 Å². The average molecular weight is 251 g/mol. The molecule has 0 aliphatic heterocycles. The van der Waals surface area contributed by atoms with Crippen LogP contribution in [0.3, 0.4) is 0 Å². The van der Waals surface area contributed by atoms with Gasteiger partial charge < -0.3 is 5.32 Å². The fraction of sp³-hybridized carbons (Fsp3) is 0.545. The predicted octanol–water partition coefficient (Wildman–Crippen LogP) is 2.30. The summed E-state index contributed by atoms with van der Waals surface area (Å²) in [6.45, 7) is 7.40. The highest BCUT2D eigenvalue weighted by atomic mass is 32.1. The van der Waals surface area contributed by atoms with Crippen molar-refractivity contribution >= 4 is 11.3 Å². The third-order valence-corrected chi connectivity index (χ3v) is 3.92. The summed E-state index contributed by atoms with van der Waals surface area (Å²) in [5.74, 6) is 0. The number of aromatic nitrogens is 4. The van der Waals surface area contributed by atoms with Crippen LogP contribution >= 0.6 is 11.3 Å². The summed E-state index contributed by atoms with van der Waals surface area (Å²) in [5.41, 5.74) is 1.89. The van der Waals surface area contributed by atoms with E-state index in [0.29, 0.717) is 6.04 Å². The van der Waals surface area contributed by atoms with E-state index in [9.17, 15) is 0 Å². The molecule has 1 atom stereocenters. The number of rotatable bonds is 5. The van der Waals surface area contributed by atoms with Gasteiger partial charge in [-0.05, 0) is 26.8 Å². The molecule has 0 aliphatic rings. The first kappa shape index (κ1) is 12.2. The molecule has 2 aromatic rings. The zero-order valence-corrected chi connectivity index (χ0v) is 11.1. The van der Waals surface area contributed by atoms with Gasteiger partial charge in [0.1, 0.15) is 10.7 Å². The molecule has 0 amide bonds. The van der Waals surface area contributed by atoms with Crippen molar-refractivity contribution in [2.24, 2.45) is 0 Å². The molecule has 2 aromatic heterocycles. The van der Waals surface area contributed by atoms with Gasteiger partial charge in [0.05, 0.1) is 11.9 Å². The number of thiazole rings is 1. The van der Waals surface area contributed by atoms with Crippen molar-refractivity contribution in [1.82, 2.24) is 25.7 Å². The van der Waals surface area contributed by atoms with Crippen molar-refractivity contribution in [3.05, 3.63) is 16.8 Å². The minimum atomic E-state index is 0.341. The quantitative estimate of drug-likeness (QED) is 0.855. The van der Waals surface area contributed by atoms with Gasteiger partial charge >= 0.3 is 0 Å². The number of H-pyrrole nitrogens is 1. The monoisotopic (exact) mass is 251 g/mol. The summed E-state index contributed by atoms with van der Waals surface area (Å²) in [7, 11) is 0. The molecule has 0 radical (unpaired) electrons. The van der Waals surface area contributed by atoms with Crippen LogP contribution in [0.25, 0.3) is 10.7 Å². The van der Waals surface area contributed by atoms with Gasteiger partial charge in [-0.25, -0.2) is 4.98 Å². The fourth-order valence-electron chi connectivity index (χ4n) is 1.68. The van der Waals surface area contributed by atoms with Crippen molar-refractivity contribution in [3.8, 4) is 10.7 Å². The normalized spacial score (nSPS) is 12.9. The van der Waals surface area contributed by atoms with Crippen LogP contribution in [0.15, 0.2) is 6.20 Å². The average Bonchev–Trinajstić information content (AvgIpc) is 2.94. The zero-order valence-electron chi connectivity index (χ0n) is 10.3. The first-order chi connectivity index (χ1) is 8.22. The van der Waals surface area contributed by atoms with Crippen molar-refractivity contribution in [2.45, 2.75) is 33.2 Å². The topological polar surface area (TPSA) is 66.5 Å². The molecule has 17 heavy (non-hydrogen) atoms. The molecule has 5 nitrogen and oxygen atoms in total. The van der Waals surface area contributed by atoms with Crippen molar-refractivity contribution < 1.29 is 0 Å². The number of aromatic amines is 1. The number of hydrogen-bond donors (Lipinski definition) is 2. The smallest absolute Gasteiger partial charge is 0.145 e. The molecule has 0 fully saturated rings. The van der Waals surface area contributed by atoms with Gasteiger partial charge in [-0.2, -0.15) is 15.4 Å². The Morgan fingerprint density at radius 3 is 3.00 bits per heavy atom. The molecule has 0 saturated carbocycles. The molecule has 2 heterocycles. The predicted molar refractivity (Wildman–Crippen MR) is 68.9 cm³/mol. The van der Waals surface area contributed by atoms with Crippen LogP contribution in [0.4, 0.5) is 0 Å². The molecular weight excluding hydrogens is 234 g/mol. The van der Waals surface area contributed by atoms with Gasteiger partial charge in [-0.1, -0.05) is 6.92 Å². The minimum absolute atomic E-state index is 0.341. The summed E-state index contributed by atoms with van der Waals surface area (Å²) < 4.78 is 0. The lowest BCUT2D eigenvalue weighted by atomic mass is 10.2. The summed E-state index contributed by atoms with van der Waals surface area (Å²) in [4.78, 5) is 5.81. The lowest BCUT2D eigenvalue weighted by Crippen LogP contribution is -2.18. The summed E-state index contributed by atoms with van der Waals surface area (Å²) in [6.07, 6.45) is 2.84. The Bertz CT molecular complexity index is 462. The standard InChI is InChI=1S/C11H17N5S/c1-4-5-12-7(2)10-8(3)14-11(17-10)9-6-13-16-15-9/h6-7,12H,4-5H2,1-3H3,(H,13,15,16). The molecule has 2 rings (SSSR count). The van der Waals surface area contributed by atoms with E-state index < -0.39 is 0 Å². The molecule has 0 saturated heterocycles. The summed E-state index contributed by atoms with van der Waals surface area (Å²) in [6, 6.07) is 0.341. The number of nitrogens with one attached hydrogen (secondary N) is 2.